The predicted octanol–water partition coefficient (Wildman–Crippen LogP) is 2.68. The number of hydrogen-bond acceptors (Lipinski definition) is 10. The van der Waals surface area contributed by atoms with E-state index in [4.69, 9.17) is 4.98 Å². The van der Waals surface area contributed by atoms with Gasteiger partial charge in [-0.2, -0.15) is 15.0 Å². The monoisotopic (exact) mass is 500 g/mol. The number of thiazole rings is 1. The van der Waals surface area contributed by atoms with Crippen LogP contribution in [0.1, 0.15) is 25.0 Å². The summed E-state index contributed by atoms with van der Waals surface area (Å²) in [5.74, 6) is 1.42. The van der Waals surface area contributed by atoms with Gasteiger partial charge in [0.1, 0.15) is 5.01 Å². The number of rotatable bonds is 12. The highest BCUT2D eigenvalue weighted by molar-refractivity contribution is 7.70. The Morgan fingerprint density at radius 1 is 1.12 bits per heavy atom. The summed E-state index contributed by atoms with van der Waals surface area (Å²) in [5.41, 5.74) is 1.98. The third-order valence-electron chi connectivity index (χ3n) is 5.35. The van der Waals surface area contributed by atoms with Crippen molar-refractivity contribution < 1.29 is 8.42 Å². The molecule has 1 fully saturated rings. The highest BCUT2D eigenvalue weighted by Crippen LogP contribution is 2.25. The van der Waals surface area contributed by atoms with Crippen LogP contribution in [0.5, 0.6) is 0 Å². The molecule has 0 saturated carbocycles. The fourth-order valence-corrected chi connectivity index (χ4v) is 4.89. The van der Waals surface area contributed by atoms with E-state index in [0.717, 1.165) is 42.1 Å². The average molecular weight is 501 g/mol. The normalized spacial score (nSPS) is 15.6. The molecule has 12 heteroatoms. The molecule has 180 valence electrons. The molecule has 1 aliphatic heterocycles. The van der Waals surface area contributed by atoms with Crippen LogP contribution in [0, 0.1) is 0 Å². The molecule has 3 heterocycles. The SMILES string of the molecule is C=CCCNc1nc(NCc2csc(-c3ccccc3)n2)nc(N2CCC[C@@H]2CN[SH](=O)=O)n1. The molecule has 0 radical (unpaired) electrons. The van der Waals surface area contributed by atoms with E-state index in [1.54, 1.807) is 11.3 Å². The van der Waals surface area contributed by atoms with E-state index in [1.807, 2.05) is 46.7 Å². The summed E-state index contributed by atoms with van der Waals surface area (Å²) in [5, 5.41) is 9.46. The summed E-state index contributed by atoms with van der Waals surface area (Å²) >= 11 is 1.60. The van der Waals surface area contributed by atoms with E-state index in [0.29, 0.717) is 37.5 Å². The van der Waals surface area contributed by atoms with Crippen molar-refractivity contribution in [1.29, 1.82) is 0 Å². The Morgan fingerprint density at radius 2 is 1.91 bits per heavy atom. The van der Waals surface area contributed by atoms with Gasteiger partial charge in [-0.3, -0.25) is 0 Å². The summed E-state index contributed by atoms with van der Waals surface area (Å²) in [7, 11) is -2.64. The van der Waals surface area contributed by atoms with Crippen LogP contribution in [0.3, 0.4) is 0 Å². The Labute approximate surface area is 204 Å². The number of thiol groups is 1. The van der Waals surface area contributed by atoms with Gasteiger partial charge in [-0.15, -0.1) is 17.9 Å². The second-order valence-corrected chi connectivity index (χ2v) is 9.45. The van der Waals surface area contributed by atoms with Gasteiger partial charge < -0.3 is 15.5 Å². The van der Waals surface area contributed by atoms with Crippen molar-refractivity contribution in [3.63, 3.8) is 0 Å². The van der Waals surface area contributed by atoms with E-state index >= 15 is 0 Å². The molecule has 10 nitrogen and oxygen atoms in total. The number of anilines is 3. The van der Waals surface area contributed by atoms with Crippen molar-refractivity contribution in [1.82, 2.24) is 24.7 Å². The van der Waals surface area contributed by atoms with Gasteiger partial charge in [-0.25, -0.2) is 18.1 Å². The zero-order valence-electron chi connectivity index (χ0n) is 18.7. The fourth-order valence-electron chi connectivity index (χ4n) is 3.70. The first kappa shape index (κ1) is 24.0. The van der Waals surface area contributed by atoms with Crippen molar-refractivity contribution in [2.45, 2.75) is 31.8 Å². The first-order valence-corrected chi connectivity index (χ1v) is 13.2. The molecule has 0 spiro atoms. The molecule has 4 rings (SSSR count). The highest BCUT2D eigenvalue weighted by Gasteiger charge is 2.27. The number of aromatic nitrogens is 4. The molecule has 0 unspecified atom stereocenters. The van der Waals surface area contributed by atoms with Crippen molar-refractivity contribution >= 4 is 40.1 Å². The standard InChI is InChI=1S/C22H28N8O2S2/c1-2-3-11-23-20-27-21(24-13-17-15-33-19(26-17)16-8-5-4-6-9-16)29-22(28-20)30-12-7-10-18(30)14-25-34(31)32/h2,4-6,8-9,15,18,34H,1,3,7,10-14H2,(H,25,31,32)(H2,23,24,27,28,29)/t18-/m1/s1. The molecule has 0 aliphatic carbocycles. The van der Waals surface area contributed by atoms with E-state index in [9.17, 15) is 8.42 Å². The topological polar surface area (TPSA) is 125 Å². The van der Waals surface area contributed by atoms with Crippen molar-refractivity contribution in [3.05, 3.63) is 54.1 Å². The molecule has 0 bridgehead atoms. The number of nitrogens with zero attached hydrogens (tertiary/aromatic N) is 5. The smallest absolute Gasteiger partial charge is 0.232 e. The lowest BCUT2D eigenvalue weighted by molar-refractivity contribution is 0.583. The Kier molecular flexibility index (Phi) is 8.39. The van der Waals surface area contributed by atoms with Crippen LogP contribution in [0.15, 0.2) is 48.4 Å². The maximum absolute atomic E-state index is 11.0. The molecule has 2 aromatic heterocycles. The molecule has 3 aromatic rings. The highest BCUT2D eigenvalue weighted by atomic mass is 32.2. The van der Waals surface area contributed by atoms with Crippen molar-refractivity contribution in [2.24, 2.45) is 0 Å². The van der Waals surface area contributed by atoms with Gasteiger partial charge in [0.2, 0.25) is 28.7 Å². The van der Waals surface area contributed by atoms with E-state index < -0.39 is 10.9 Å². The van der Waals surface area contributed by atoms with Gasteiger partial charge in [-0.05, 0) is 19.3 Å². The molecular formula is C22H28N8O2S2. The van der Waals surface area contributed by atoms with Crippen LogP contribution in [0.2, 0.25) is 0 Å². The summed E-state index contributed by atoms with van der Waals surface area (Å²) in [6.07, 6.45) is 4.41. The van der Waals surface area contributed by atoms with Crippen molar-refractivity contribution in [2.75, 3.05) is 35.2 Å². The molecule has 0 amide bonds. The van der Waals surface area contributed by atoms with Crippen LogP contribution in [0.25, 0.3) is 10.6 Å². The zero-order valence-corrected chi connectivity index (χ0v) is 20.4. The summed E-state index contributed by atoms with van der Waals surface area (Å²) in [6, 6.07) is 10.1. The molecule has 1 aliphatic rings. The Morgan fingerprint density at radius 3 is 2.68 bits per heavy atom. The van der Waals surface area contributed by atoms with Gasteiger partial charge in [-0.1, -0.05) is 36.4 Å². The molecule has 1 saturated heterocycles. The van der Waals surface area contributed by atoms with Crippen LogP contribution >= 0.6 is 11.3 Å². The quantitative estimate of drug-likeness (QED) is 0.169. The lowest BCUT2D eigenvalue weighted by Gasteiger charge is -2.24. The number of hydrogen-bond donors (Lipinski definition) is 4. The maximum atomic E-state index is 11.0. The minimum absolute atomic E-state index is 0.00357. The van der Waals surface area contributed by atoms with Crippen LogP contribution in [-0.2, 0) is 17.4 Å². The number of benzene rings is 1. The first-order valence-electron chi connectivity index (χ1n) is 11.1. The third-order valence-corrected chi connectivity index (χ3v) is 6.73. The third kappa shape index (κ3) is 6.49. The Balaban J connectivity index is 1.50. The largest absolute Gasteiger partial charge is 0.354 e. The molecule has 3 N–H and O–H groups in total. The van der Waals surface area contributed by atoms with Gasteiger partial charge in [0.15, 0.2) is 0 Å². The van der Waals surface area contributed by atoms with Gasteiger partial charge in [0.25, 0.3) is 0 Å². The second-order valence-electron chi connectivity index (χ2n) is 7.76. The summed E-state index contributed by atoms with van der Waals surface area (Å²) in [6.45, 7) is 5.95. The molecular weight excluding hydrogens is 472 g/mol. The summed E-state index contributed by atoms with van der Waals surface area (Å²) < 4.78 is 24.5. The van der Waals surface area contributed by atoms with Gasteiger partial charge >= 0.3 is 0 Å². The van der Waals surface area contributed by atoms with Gasteiger partial charge in [0.05, 0.1) is 12.2 Å². The lowest BCUT2D eigenvalue weighted by Crippen LogP contribution is -2.38. The number of nitrogens with one attached hydrogen (secondary N) is 3. The van der Waals surface area contributed by atoms with E-state index in [2.05, 4.69) is 36.9 Å². The Hall–Kier alpha value is -3.09. The average Bonchev–Trinajstić information content (AvgIpc) is 3.52. The van der Waals surface area contributed by atoms with Gasteiger partial charge in [0, 0.05) is 36.6 Å². The van der Waals surface area contributed by atoms with Crippen molar-refractivity contribution in [3.8, 4) is 10.6 Å². The maximum Gasteiger partial charge on any atom is 0.232 e. The zero-order chi connectivity index (χ0) is 23.8. The Bertz CT molecular complexity index is 1160. The van der Waals surface area contributed by atoms with Crippen LogP contribution < -0.4 is 20.3 Å². The first-order chi connectivity index (χ1) is 16.6. The van der Waals surface area contributed by atoms with E-state index in [1.165, 1.54) is 0 Å². The molecule has 34 heavy (non-hydrogen) atoms. The fraction of sp³-hybridized carbons (Fsp3) is 0.364. The van der Waals surface area contributed by atoms with E-state index in [-0.39, 0.29) is 6.04 Å². The molecule has 1 atom stereocenters. The summed E-state index contributed by atoms with van der Waals surface area (Å²) in [4.78, 5) is 20.5. The predicted molar refractivity (Wildman–Crippen MR) is 137 cm³/mol. The minimum Gasteiger partial charge on any atom is -0.354 e. The lowest BCUT2D eigenvalue weighted by atomic mass is 10.2. The van der Waals surface area contributed by atoms with Crippen LogP contribution in [-0.4, -0.2) is 54.0 Å². The molecule has 1 aromatic carbocycles. The minimum atomic E-state index is -2.64. The second kappa shape index (κ2) is 11.9. The van der Waals surface area contributed by atoms with Crippen LogP contribution in [0.4, 0.5) is 17.8 Å².